The number of aliphatic hydroxyl groups is 11. The summed E-state index contributed by atoms with van der Waals surface area (Å²) in [6, 6.07) is -2.62. The Bertz CT molecular complexity index is 1900. The van der Waals surface area contributed by atoms with Crippen molar-refractivity contribution >= 4 is 17.8 Å². The van der Waals surface area contributed by atoms with Gasteiger partial charge in [0.2, 0.25) is 11.8 Å². The normalized spacial score (nSPS) is 29.6. The maximum Gasteiger partial charge on any atom is 0.364 e. The summed E-state index contributed by atoms with van der Waals surface area (Å²) in [5.74, 6) is -6.15. The Kier molecular flexibility index (Phi) is 39.9. The summed E-state index contributed by atoms with van der Waals surface area (Å²) >= 11 is 0. The van der Waals surface area contributed by atoms with Crippen LogP contribution in [0.25, 0.3) is 0 Å². The molecule has 3 heterocycles. The summed E-state index contributed by atoms with van der Waals surface area (Å²) in [4.78, 5) is 38.4. The maximum absolute atomic E-state index is 13.4. The molecular weight excluding hydrogens is 1120 g/mol. The number of allylic oxidation sites excluding steroid dienone is 5. The predicted molar refractivity (Wildman–Crippen MR) is 320 cm³/mol. The van der Waals surface area contributed by atoms with E-state index in [9.17, 15) is 75.7 Å². The molecular formula is C63H112N2O21. The highest BCUT2D eigenvalue weighted by atomic mass is 16.8. The van der Waals surface area contributed by atoms with Crippen LogP contribution in [0.3, 0.4) is 0 Å². The van der Waals surface area contributed by atoms with Crippen molar-refractivity contribution in [2.45, 2.75) is 317 Å². The van der Waals surface area contributed by atoms with Crippen molar-refractivity contribution in [3.05, 3.63) is 36.5 Å². The molecule has 0 aromatic rings. The Morgan fingerprint density at radius 1 is 0.628 bits per heavy atom. The maximum atomic E-state index is 13.4. The summed E-state index contributed by atoms with van der Waals surface area (Å²) < 4.78 is 34.7. The molecule has 86 heavy (non-hydrogen) atoms. The fraction of sp³-hybridized carbons (Fsp3) is 0.857. The van der Waals surface area contributed by atoms with Gasteiger partial charge in [-0.25, -0.2) is 4.79 Å². The molecule has 0 saturated carbocycles. The molecule has 3 fully saturated rings. The minimum absolute atomic E-state index is 0.199. The van der Waals surface area contributed by atoms with Crippen LogP contribution < -0.4 is 10.6 Å². The lowest BCUT2D eigenvalue weighted by atomic mass is 9.88. The highest BCUT2D eigenvalue weighted by molar-refractivity contribution is 5.77. The number of hydrogen-bond donors (Lipinski definition) is 14. The van der Waals surface area contributed by atoms with E-state index in [0.29, 0.717) is 12.8 Å². The number of unbranched alkanes of at least 4 members (excludes halogenated alkanes) is 23. The molecule has 3 rings (SSSR count). The number of carboxylic acids is 1. The summed E-state index contributed by atoms with van der Waals surface area (Å²) in [5, 5.41) is 136. The Hall–Kier alpha value is -3.05. The summed E-state index contributed by atoms with van der Waals surface area (Å²) in [6.07, 6.45) is 13.6. The van der Waals surface area contributed by atoms with E-state index in [1.54, 1.807) is 6.08 Å². The van der Waals surface area contributed by atoms with Gasteiger partial charge in [0.05, 0.1) is 50.7 Å². The molecule has 500 valence electrons. The zero-order valence-electron chi connectivity index (χ0n) is 51.7. The van der Waals surface area contributed by atoms with Gasteiger partial charge in [-0.2, -0.15) is 0 Å². The van der Waals surface area contributed by atoms with Crippen molar-refractivity contribution in [3.8, 4) is 0 Å². The SMILES string of the molecule is CC/C=C\C/C=C\CCCCCCCCCCCCCCCCC(=O)NC(COC1OC(CO)C(OC2OC(CO)C(O)C(OC3(C(=O)O)CC(O)C(NC(C)=O)C(C(O)C(O)CO)O3)C2O)C(O)C1O)C(O)/C=C/CCCCCCCCCCC. The van der Waals surface area contributed by atoms with Crippen molar-refractivity contribution in [2.75, 3.05) is 26.4 Å². The summed E-state index contributed by atoms with van der Waals surface area (Å²) in [6.45, 7) is 1.99. The fourth-order valence-electron chi connectivity index (χ4n) is 11.2. The van der Waals surface area contributed by atoms with Gasteiger partial charge >= 0.3 is 5.97 Å². The van der Waals surface area contributed by atoms with Gasteiger partial charge in [-0.15, -0.1) is 0 Å². The molecule has 0 aromatic carbocycles. The van der Waals surface area contributed by atoms with E-state index in [-0.39, 0.29) is 12.3 Å². The van der Waals surface area contributed by atoms with Crippen molar-refractivity contribution in [1.29, 1.82) is 0 Å². The van der Waals surface area contributed by atoms with Gasteiger partial charge in [0, 0.05) is 19.8 Å². The third-order valence-electron chi connectivity index (χ3n) is 16.3. The fourth-order valence-corrected chi connectivity index (χ4v) is 11.2. The van der Waals surface area contributed by atoms with E-state index in [1.807, 2.05) is 6.08 Å². The molecule has 3 aliphatic heterocycles. The molecule has 23 nitrogen and oxygen atoms in total. The molecule has 23 heteroatoms. The second kappa shape index (κ2) is 44.4. The lowest BCUT2D eigenvalue weighted by Crippen LogP contribution is -2.70. The van der Waals surface area contributed by atoms with Crippen molar-refractivity contribution in [1.82, 2.24) is 10.6 Å². The van der Waals surface area contributed by atoms with Crippen LogP contribution >= 0.6 is 0 Å². The number of carbonyl (C=O) groups excluding carboxylic acids is 2. The topological polar surface area (TPSA) is 373 Å². The number of nitrogens with one attached hydrogen (secondary N) is 2. The lowest BCUT2D eigenvalue weighted by molar-refractivity contribution is -0.386. The van der Waals surface area contributed by atoms with E-state index < -0.39 is 155 Å². The van der Waals surface area contributed by atoms with Crippen LogP contribution in [0.5, 0.6) is 0 Å². The smallest absolute Gasteiger partial charge is 0.364 e. The quantitative estimate of drug-likeness (QED) is 0.0299. The number of amides is 2. The molecule has 0 bridgehead atoms. The molecule has 0 aromatic heterocycles. The van der Waals surface area contributed by atoms with Crippen LogP contribution in [0.15, 0.2) is 36.5 Å². The molecule has 2 amide bonds. The van der Waals surface area contributed by atoms with E-state index in [1.165, 1.54) is 103 Å². The number of aliphatic hydroxyl groups excluding tert-OH is 11. The second-order valence-electron chi connectivity index (χ2n) is 23.6. The van der Waals surface area contributed by atoms with Gasteiger partial charge < -0.3 is 100 Å². The summed E-state index contributed by atoms with van der Waals surface area (Å²) in [5.41, 5.74) is 0. The van der Waals surface area contributed by atoms with Gasteiger partial charge in [-0.1, -0.05) is 179 Å². The zero-order chi connectivity index (χ0) is 63.3. The van der Waals surface area contributed by atoms with Crippen LogP contribution in [0.1, 0.15) is 207 Å². The Morgan fingerprint density at radius 3 is 1.70 bits per heavy atom. The standard InChI is InChI=1S/C63H112N2O21/c1-4-6-8-10-12-14-16-17-18-19-20-21-22-23-24-25-27-29-31-33-35-37-50(73)65-44(45(70)36-34-32-30-28-26-15-13-11-9-7-5-2)42-81-60-55(77)54(76)57(49(41-68)83-60)84-61-56(78)59(53(75)48(40-67)82-61)86-63(62(79)80)38-46(71)51(64-43(3)69)58(85-63)52(74)47(72)39-66/h6,8,12,14,34,36,44-49,51-61,66-68,70-72,74-78H,4-5,7,9-11,13,15-33,35,37-42H2,1-3H3,(H,64,69)(H,65,73)(H,79,80)/b8-6-,14-12-,36-34+. The monoisotopic (exact) mass is 1230 g/mol. The number of carbonyl (C=O) groups is 3. The molecule has 18 unspecified atom stereocenters. The highest BCUT2D eigenvalue weighted by Crippen LogP contribution is 2.38. The van der Waals surface area contributed by atoms with E-state index in [4.69, 9.17) is 28.4 Å². The van der Waals surface area contributed by atoms with Gasteiger partial charge in [-0.05, 0) is 44.9 Å². The van der Waals surface area contributed by atoms with Gasteiger partial charge in [0.15, 0.2) is 12.6 Å². The zero-order valence-corrected chi connectivity index (χ0v) is 51.7. The van der Waals surface area contributed by atoms with Gasteiger partial charge in [0.1, 0.15) is 67.1 Å². The first kappa shape index (κ1) is 77.2. The molecule has 14 N–H and O–H groups in total. The molecule has 0 aliphatic carbocycles. The Morgan fingerprint density at radius 2 is 1.16 bits per heavy atom. The number of hydrogen-bond acceptors (Lipinski definition) is 20. The number of aliphatic carboxylic acids is 1. The van der Waals surface area contributed by atoms with Crippen LogP contribution in [0.2, 0.25) is 0 Å². The minimum atomic E-state index is -3.08. The summed E-state index contributed by atoms with van der Waals surface area (Å²) in [7, 11) is 0. The lowest BCUT2D eigenvalue weighted by Gasteiger charge is -2.50. The van der Waals surface area contributed by atoms with Crippen molar-refractivity contribution in [2.24, 2.45) is 0 Å². The third kappa shape index (κ3) is 27.6. The van der Waals surface area contributed by atoms with E-state index >= 15 is 0 Å². The van der Waals surface area contributed by atoms with Crippen LogP contribution in [0.4, 0.5) is 0 Å². The Balaban J connectivity index is 1.60. The van der Waals surface area contributed by atoms with E-state index in [2.05, 4.69) is 48.8 Å². The van der Waals surface area contributed by atoms with Crippen LogP contribution in [0, 0.1) is 0 Å². The number of ether oxygens (including phenoxy) is 6. The van der Waals surface area contributed by atoms with Gasteiger partial charge in [-0.3, -0.25) is 9.59 Å². The number of carboxylic acid groups (broad SMARTS) is 1. The van der Waals surface area contributed by atoms with Crippen molar-refractivity contribution < 1.29 is 104 Å². The minimum Gasteiger partial charge on any atom is -0.477 e. The molecule has 18 atom stereocenters. The van der Waals surface area contributed by atoms with Gasteiger partial charge in [0.25, 0.3) is 5.79 Å². The molecule has 0 radical (unpaired) electrons. The molecule has 3 aliphatic rings. The largest absolute Gasteiger partial charge is 0.477 e. The van der Waals surface area contributed by atoms with E-state index in [0.717, 1.165) is 64.7 Å². The van der Waals surface area contributed by atoms with Crippen LogP contribution in [-0.4, -0.2) is 215 Å². The average Bonchev–Trinajstić information content (AvgIpc) is 1.18. The third-order valence-corrected chi connectivity index (χ3v) is 16.3. The first-order chi connectivity index (χ1) is 41.4. The predicted octanol–water partition coefficient (Wildman–Crippen LogP) is 4.28. The second-order valence-corrected chi connectivity index (χ2v) is 23.6. The first-order valence-corrected chi connectivity index (χ1v) is 32.4. The molecule has 0 spiro atoms. The van der Waals surface area contributed by atoms with Crippen molar-refractivity contribution in [3.63, 3.8) is 0 Å². The highest BCUT2D eigenvalue weighted by Gasteiger charge is 2.60. The molecule has 3 saturated heterocycles. The first-order valence-electron chi connectivity index (χ1n) is 32.4. The Labute approximate surface area is 510 Å². The van der Waals surface area contributed by atoms with Crippen LogP contribution in [-0.2, 0) is 42.8 Å². The average molecular weight is 1230 g/mol. The number of rotatable bonds is 47.